The molecule has 2 saturated heterocycles. The fourth-order valence-electron chi connectivity index (χ4n) is 3.64. The topological polar surface area (TPSA) is 111 Å². The predicted molar refractivity (Wildman–Crippen MR) is 107 cm³/mol. The van der Waals surface area contributed by atoms with Crippen LogP contribution in [-0.2, 0) is 14.3 Å². The number of carbonyl (C=O) groups excluding carboxylic acids is 2. The number of nitriles is 1. The number of nitrogens with zero attached hydrogens (tertiary/aromatic N) is 4. The Labute approximate surface area is 171 Å². The first-order valence-electron chi connectivity index (χ1n) is 10.1. The number of morpholine rings is 1. The molecular weight excluding hydrogens is 372 g/mol. The lowest BCUT2D eigenvalue weighted by Gasteiger charge is -2.33. The molecule has 0 spiro atoms. The highest BCUT2D eigenvalue weighted by Gasteiger charge is 2.23. The molecule has 2 amide bonds. The molecule has 2 fully saturated rings. The van der Waals surface area contributed by atoms with Crippen molar-refractivity contribution in [2.75, 3.05) is 63.9 Å². The van der Waals surface area contributed by atoms with Crippen LogP contribution in [0, 0.1) is 17.2 Å². The highest BCUT2D eigenvalue weighted by atomic mass is 16.5. The summed E-state index contributed by atoms with van der Waals surface area (Å²) in [5, 5.41) is 14.6. The molecule has 0 saturated carbocycles. The van der Waals surface area contributed by atoms with E-state index in [-0.39, 0.29) is 0 Å². The van der Waals surface area contributed by atoms with Gasteiger partial charge in [-0.05, 0) is 30.9 Å². The molecule has 1 aromatic rings. The van der Waals surface area contributed by atoms with Crippen LogP contribution in [0.2, 0.25) is 0 Å². The Morgan fingerprint density at radius 2 is 1.90 bits per heavy atom. The minimum absolute atomic E-state index is 0.311. The summed E-state index contributed by atoms with van der Waals surface area (Å²) in [6.07, 6.45) is 3.45. The molecule has 0 unspecified atom stereocenters. The molecule has 9 nitrogen and oxygen atoms in total. The molecule has 0 aromatic carbocycles. The van der Waals surface area contributed by atoms with Gasteiger partial charge < -0.3 is 20.3 Å². The molecule has 9 heteroatoms. The molecular formula is C20H28N6O3. The quantitative estimate of drug-likeness (QED) is 0.633. The van der Waals surface area contributed by atoms with Crippen molar-refractivity contribution in [3.63, 3.8) is 0 Å². The molecule has 2 aliphatic heterocycles. The van der Waals surface area contributed by atoms with Crippen LogP contribution in [0.4, 0.5) is 5.82 Å². The largest absolute Gasteiger partial charge is 0.379 e. The first-order chi connectivity index (χ1) is 14.2. The van der Waals surface area contributed by atoms with Gasteiger partial charge in [-0.3, -0.25) is 14.5 Å². The average Bonchev–Trinajstić information content (AvgIpc) is 2.78. The van der Waals surface area contributed by atoms with Crippen molar-refractivity contribution in [1.29, 1.82) is 5.26 Å². The van der Waals surface area contributed by atoms with Gasteiger partial charge in [-0.15, -0.1) is 0 Å². The first-order valence-corrected chi connectivity index (χ1v) is 10.1. The number of piperidine rings is 1. The summed E-state index contributed by atoms with van der Waals surface area (Å²) in [6, 6.07) is 5.71. The molecule has 3 heterocycles. The third-order valence-electron chi connectivity index (χ3n) is 5.40. The summed E-state index contributed by atoms with van der Waals surface area (Å²) in [6.45, 7) is 6.35. The second-order valence-corrected chi connectivity index (χ2v) is 7.34. The number of ether oxygens (including phenoxy) is 1. The van der Waals surface area contributed by atoms with Gasteiger partial charge in [0.15, 0.2) is 0 Å². The highest BCUT2D eigenvalue weighted by molar-refractivity contribution is 6.35. The number of carbonyl (C=O) groups is 2. The van der Waals surface area contributed by atoms with E-state index in [9.17, 15) is 14.9 Å². The lowest BCUT2D eigenvalue weighted by Crippen LogP contribution is -2.46. The van der Waals surface area contributed by atoms with Crippen LogP contribution in [0.3, 0.4) is 0 Å². The number of amides is 2. The summed E-state index contributed by atoms with van der Waals surface area (Å²) >= 11 is 0. The van der Waals surface area contributed by atoms with Crippen molar-refractivity contribution in [3.8, 4) is 6.07 Å². The SMILES string of the molecule is N#Cc1cccnc1N1CCC(CNC(=O)C(=O)NCCN2CCOCC2)CC1. The molecule has 2 aliphatic rings. The van der Waals surface area contributed by atoms with E-state index in [2.05, 4.69) is 31.5 Å². The van der Waals surface area contributed by atoms with Crippen molar-refractivity contribution in [1.82, 2.24) is 20.5 Å². The molecule has 0 atom stereocenters. The molecule has 0 aliphatic carbocycles. The Bertz CT molecular complexity index is 736. The van der Waals surface area contributed by atoms with Crippen LogP contribution in [0.5, 0.6) is 0 Å². The van der Waals surface area contributed by atoms with Gasteiger partial charge in [-0.1, -0.05) is 0 Å². The zero-order chi connectivity index (χ0) is 20.5. The Balaban J connectivity index is 1.33. The van der Waals surface area contributed by atoms with Crippen LogP contribution in [-0.4, -0.2) is 80.7 Å². The molecule has 2 N–H and O–H groups in total. The van der Waals surface area contributed by atoms with Crippen LogP contribution in [0.15, 0.2) is 18.3 Å². The number of hydrogen-bond acceptors (Lipinski definition) is 7. The fraction of sp³-hybridized carbons (Fsp3) is 0.600. The smallest absolute Gasteiger partial charge is 0.309 e. The van der Waals surface area contributed by atoms with E-state index in [4.69, 9.17) is 4.74 Å². The van der Waals surface area contributed by atoms with E-state index in [1.165, 1.54) is 0 Å². The van der Waals surface area contributed by atoms with E-state index < -0.39 is 11.8 Å². The number of rotatable bonds is 6. The summed E-state index contributed by atoms with van der Waals surface area (Å²) in [4.78, 5) is 32.6. The van der Waals surface area contributed by atoms with Crippen LogP contribution >= 0.6 is 0 Å². The minimum atomic E-state index is -0.581. The summed E-state index contributed by atoms with van der Waals surface area (Å²) in [5.41, 5.74) is 0.577. The standard InChI is InChI=1S/C20H28N6O3/c21-14-17-2-1-5-22-18(17)26-7-3-16(4-8-26)15-24-20(28)19(27)23-6-9-25-10-12-29-13-11-25/h1-2,5,16H,3-4,6-13,15H2,(H,23,27)(H,24,28). The van der Waals surface area contributed by atoms with Crippen LogP contribution in [0.25, 0.3) is 0 Å². The van der Waals surface area contributed by atoms with E-state index in [0.29, 0.717) is 37.8 Å². The first kappa shape index (κ1) is 21.0. The second-order valence-electron chi connectivity index (χ2n) is 7.34. The normalized spacial score (nSPS) is 18.1. The van der Waals surface area contributed by atoms with Gasteiger partial charge in [-0.25, -0.2) is 4.98 Å². The number of pyridine rings is 1. The summed E-state index contributed by atoms with van der Waals surface area (Å²) in [5.74, 6) is -0.128. The lowest BCUT2D eigenvalue weighted by atomic mass is 9.96. The Hall–Kier alpha value is -2.70. The average molecular weight is 400 g/mol. The van der Waals surface area contributed by atoms with Crippen molar-refractivity contribution < 1.29 is 14.3 Å². The van der Waals surface area contributed by atoms with Gasteiger partial charge in [0.1, 0.15) is 11.9 Å². The molecule has 156 valence electrons. The molecule has 1 aromatic heterocycles. The van der Waals surface area contributed by atoms with Gasteiger partial charge in [0.25, 0.3) is 0 Å². The van der Waals surface area contributed by atoms with Gasteiger partial charge in [0.2, 0.25) is 0 Å². The molecule has 29 heavy (non-hydrogen) atoms. The van der Waals surface area contributed by atoms with Gasteiger partial charge in [0.05, 0.1) is 18.8 Å². The third kappa shape index (κ3) is 6.14. The summed E-state index contributed by atoms with van der Waals surface area (Å²) in [7, 11) is 0. The minimum Gasteiger partial charge on any atom is -0.379 e. The Kier molecular flexibility index (Phi) is 7.78. The summed E-state index contributed by atoms with van der Waals surface area (Å²) < 4.78 is 5.28. The number of nitrogens with one attached hydrogen (secondary N) is 2. The third-order valence-corrected chi connectivity index (χ3v) is 5.40. The van der Waals surface area contributed by atoms with Crippen molar-refractivity contribution in [2.24, 2.45) is 5.92 Å². The maximum absolute atomic E-state index is 12.0. The lowest BCUT2D eigenvalue weighted by molar-refractivity contribution is -0.139. The maximum atomic E-state index is 12.0. The number of anilines is 1. The van der Waals surface area contributed by atoms with E-state index >= 15 is 0 Å². The van der Waals surface area contributed by atoms with Crippen LogP contribution in [0.1, 0.15) is 18.4 Å². The molecule has 3 rings (SSSR count). The van der Waals surface area contributed by atoms with Crippen molar-refractivity contribution in [3.05, 3.63) is 23.9 Å². The molecule has 0 radical (unpaired) electrons. The van der Waals surface area contributed by atoms with Crippen molar-refractivity contribution >= 4 is 17.6 Å². The Morgan fingerprint density at radius 1 is 1.17 bits per heavy atom. The van der Waals surface area contributed by atoms with Gasteiger partial charge >= 0.3 is 11.8 Å². The van der Waals surface area contributed by atoms with Crippen LogP contribution < -0.4 is 15.5 Å². The predicted octanol–water partition coefficient (Wildman–Crippen LogP) is -0.266. The van der Waals surface area contributed by atoms with Crippen molar-refractivity contribution in [2.45, 2.75) is 12.8 Å². The molecule has 0 bridgehead atoms. The monoisotopic (exact) mass is 400 g/mol. The van der Waals surface area contributed by atoms with E-state index in [1.807, 2.05) is 0 Å². The number of aromatic nitrogens is 1. The van der Waals surface area contributed by atoms with Gasteiger partial charge in [0, 0.05) is 52.0 Å². The Morgan fingerprint density at radius 3 is 2.62 bits per heavy atom. The zero-order valence-corrected chi connectivity index (χ0v) is 16.6. The zero-order valence-electron chi connectivity index (χ0n) is 16.6. The van der Waals surface area contributed by atoms with E-state index in [1.54, 1.807) is 18.3 Å². The number of hydrogen-bond donors (Lipinski definition) is 2. The van der Waals surface area contributed by atoms with Gasteiger partial charge in [-0.2, -0.15) is 5.26 Å². The fourth-order valence-corrected chi connectivity index (χ4v) is 3.64. The second kappa shape index (κ2) is 10.7. The maximum Gasteiger partial charge on any atom is 0.309 e. The van der Waals surface area contributed by atoms with E-state index in [0.717, 1.165) is 51.4 Å². The highest BCUT2D eigenvalue weighted by Crippen LogP contribution is 2.23.